The number of rotatable bonds is 6. The molecule has 1 N–H and O–H groups in total. The first-order valence-electron chi connectivity index (χ1n) is 10.0. The lowest BCUT2D eigenvalue weighted by atomic mass is 9.91. The largest absolute Gasteiger partial charge is 0.478 e. The van der Waals surface area contributed by atoms with Crippen molar-refractivity contribution in [2.45, 2.75) is 37.5 Å². The van der Waals surface area contributed by atoms with Gasteiger partial charge in [-0.25, -0.2) is 9.78 Å². The maximum Gasteiger partial charge on any atom is 0.416 e. The summed E-state index contributed by atoms with van der Waals surface area (Å²) in [6, 6.07) is 10.00. The highest BCUT2D eigenvalue weighted by Crippen LogP contribution is 2.37. The highest BCUT2D eigenvalue weighted by atomic mass is 19.4. The number of hydrogen-bond acceptors (Lipinski definition) is 4. The number of halogens is 3. The molecule has 0 fully saturated rings. The minimum atomic E-state index is -4.52. The van der Waals surface area contributed by atoms with Gasteiger partial charge >= 0.3 is 12.1 Å². The van der Waals surface area contributed by atoms with E-state index >= 15 is 0 Å². The molecule has 0 saturated heterocycles. The molecule has 1 aliphatic rings. The number of aryl methyl sites for hydroxylation is 1. The molecule has 3 aromatic rings. The molecule has 166 valence electrons. The highest BCUT2D eigenvalue weighted by molar-refractivity contribution is 5.81. The van der Waals surface area contributed by atoms with Crippen LogP contribution in [0.2, 0.25) is 0 Å². The van der Waals surface area contributed by atoms with Crippen LogP contribution in [0.1, 0.15) is 35.4 Å². The van der Waals surface area contributed by atoms with E-state index in [2.05, 4.69) is 11.6 Å². The molecule has 0 aliphatic heterocycles. The minimum absolute atomic E-state index is 0.0530. The zero-order valence-electron chi connectivity index (χ0n) is 17.0. The van der Waals surface area contributed by atoms with E-state index in [0.29, 0.717) is 5.75 Å². The zero-order chi connectivity index (χ0) is 22.9. The third kappa shape index (κ3) is 3.88. The number of ether oxygens (including phenoxy) is 1. The van der Waals surface area contributed by atoms with E-state index in [4.69, 9.17) is 9.15 Å². The monoisotopic (exact) mass is 443 g/mol. The number of carboxylic acids is 1. The number of benzene rings is 2. The van der Waals surface area contributed by atoms with Crippen molar-refractivity contribution in [3.63, 3.8) is 0 Å². The van der Waals surface area contributed by atoms with E-state index < -0.39 is 23.3 Å². The van der Waals surface area contributed by atoms with Gasteiger partial charge < -0.3 is 14.3 Å². The van der Waals surface area contributed by atoms with Crippen molar-refractivity contribution in [2.24, 2.45) is 0 Å². The lowest BCUT2D eigenvalue weighted by Crippen LogP contribution is -2.40. The number of hydrogen-bond donors (Lipinski definition) is 1. The normalized spacial score (nSPS) is 15.5. The summed E-state index contributed by atoms with van der Waals surface area (Å²) in [5.74, 6) is -1.34. The van der Waals surface area contributed by atoms with Gasteiger partial charge in [0.15, 0.2) is 0 Å². The van der Waals surface area contributed by atoms with Crippen molar-refractivity contribution >= 4 is 5.97 Å². The minimum Gasteiger partial charge on any atom is -0.478 e. The Kier molecular flexibility index (Phi) is 5.54. The SMILES string of the molecule is C=CC(Oc1cccc2c1CCCC2)(C(=O)O)c1nc(-c2cccc(C(F)(F)F)c2)co1. The van der Waals surface area contributed by atoms with Gasteiger partial charge in [0.25, 0.3) is 11.5 Å². The third-order valence-electron chi connectivity index (χ3n) is 5.54. The van der Waals surface area contributed by atoms with E-state index in [1.807, 2.05) is 6.07 Å². The number of nitrogens with zero attached hydrogens (tertiary/aromatic N) is 1. The number of alkyl halides is 3. The fraction of sp³-hybridized carbons (Fsp3) is 0.250. The first kappa shape index (κ1) is 21.7. The molecule has 5 nitrogen and oxygen atoms in total. The van der Waals surface area contributed by atoms with Crippen molar-refractivity contribution in [2.75, 3.05) is 0 Å². The number of carboxylic acid groups (broad SMARTS) is 1. The number of oxazole rings is 1. The second-order valence-corrected chi connectivity index (χ2v) is 7.56. The van der Waals surface area contributed by atoms with Crippen LogP contribution in [0.5, 0.6) is 5.75 Å². The molecule has 0 amide bonds. The van der Waals surface area contributed by atoms with Crippen LogP contribution in [0.4, 0.5) is 13.2 Å². The van der Waals surface area contributed by atoms with Crippen molar-refractivity contribution in [1.29, 1.82) is 0 Å². The van der Waals surface area contributed by atoms with Crippen LogP contribution in [-0.2, 0) is 29.4 Å². The Morgan fingerprint density at radius 1 is 1.16 bits per heavy atom. The van der Waals surface area contributed by atoms with Gasteiger partial charge in [0, 0.05) is 5.56 Å². The molecule has 32 heavy (non-hydrogen) atoms. The summed E-state index contributed by atoms with van der Waals surface area (Å²) < 4.78 is 50.6. The summed E-state index contributed by atoms with van der Waals surface area (Å²) in [5.41, 5.74) is -0.788. The Hall–Kier alpha value is -3.55. The van der Waals surface area contributed by atoms with Gasteiger partial charge in [-0.2, -0.15) is 13.2 Å². The maximum absolute atomic E-state index is 13.1. The fourth-order valence-corrected chi connectivity index (χ4v) is 3.84. The molecule has 0 spiro atoms. The van der Waals surface area contributed by atoms with Crippen LogP contribution < -0.4 is 4.74 Å². The summed E-state index contributed by atoms with van der Waals surface area (Å²) in [7, 11) is 0. The van der Waals surface area contributed by atoms with Crippen LogP contribution in [0, 0.1) is 0 Å². The van der Waals surface area contributed by atoms with Crippen LogP contribution in [-0.4, -0.2) is 16.1 Å². The molecule has 0 radical (unpaired) electrons. The topological polar surface area (TPSA) is 72.6 Å². The van der Waals surface area contributed by atoms with Gasteiger partial charge in [-0.1, -0.05) is 30.8 Å². The van der Waals surface area contributed by atoms with E-state index in [1.165, 1.54) is 12.1 Å². The van der Waals surface area contributed by atoms with Crippen LogP contribution >= 0.6 is 0 Å². The predicted octanol–water partition coefficient (Wildman–Crippen LogP) is 5.78. The van der Waals surface area contributed by atoms with Crippen molar-refractivity contribution < 1.29 is 32.2 Å². The lowest BCUT2D eigenvalue weighted by molar-refractivity contribution is -0.153. The number of aromatic nitrogens is 1. The average molecular weight is 443 g/mol. The van der Waals surface area contributed by atoms with E-state index in [-0.39, 0.29) is 17.1 Å². The molecule has 2 aromatic carbocycles. The number of fused-ring (bicyclic) bond motifs is 1. The highest BCUT2D eigenvalue weighted by Gasteiger charge is 2.46. The van der Waals surface area contributed by atoms with E-state index in [9.17, 15) is 23.1 Å². The van der Waals surface area contributed by atoms with Crippen molar-refractivity contribution in [3.05, 3.63) is 84.0 Å². The number of carbonyl (C=O) groups is 1. The third-order valence-corrected chi connectivity index (χ3v) is 5.54. The molecular formula is C24H20F3NO4. The predicted molar refractivity (Wildman–Crippen MR) is 110 cm³/mol. The summed E-state index contributed by atoms with van der Waals surface area (Å²) >= 11 is 0. The van der Waals surface area contributed by atoms with Crippen LogP contribution in [0.3, 0.4) is 0 Å². The van der Waals surface area contributed by atoms with E-state index in [0.717, 1.165) is 61.3 Å². The van der Waals surface area contributed by atoms with Gasteiger partial charge in [0.2, 0.25) is 0 Å². The molecular weight excluding hydrogens is 423 g/mol. The molecule has 0 bridgehead atoms. The summed E-state index contributed by atoms with van der Waals surface area (Å²) in [4.78, 5) is 16.5. The van der Waals surface area contributed by atoms with Gasteiger partial charge in [0.1, 0.15) is 17.7 Å². The molecule has 0 saturated carbocycles. The molecule has 1 unspecified atom stereocenters. The molecule has 1 atom stereocenters. The van der Waals surface area contributed by atoms with Crippen molar-refractivity contribution in [3.8, 4) is 17.0 Å². The van der Waals surface area contributed by atoms with Crippen LogP contribution in [0.15, 0.2) is 65.8 Å². The molecule has 4 rings (SSSR count). The summed E-state index contributed by atoms with van der Waals surface area (Å²) in [6.45, 7) is 3.61. The summed E-state index contributed by atoms with van der Waals surface area (Å²) in [6.07, 6.45) is 1.28. The Morgan fingerprint density at radius 2 is 1.91 bits per heavy atom. The first-order valence-corrected chi connectivity index (χ1v) is 10.0. The van der Waals surface area contributed by atoms with Gasteiger partial charge in [-0.05, 0) is 61.1 Å². The molecule has 1 aliphatic carbocycles. The maximum atomic E-state index is 13.1. The Labute approximate surface area is 182 Å². The molecule has 1 heterocycles. The Balaban J connectivity index is 1.74. The Bertz CT molecular complexity index is 1170. The molecule has 1 aromatic heterocycles. The second-order valence-electron chi connectivity index (χ2n) is 7.56. The lowest BCUT2D eigenvalue weighted by Gasteiger charge is -2.27. The first-order chi connectivity index (χ1) is 15.2. The van der Waals surface area contributed by atoms with Gasteiger partial charge in [-0.15, -0.1) is 0 Å². The van der Waals surface area contributed by atoms with Gasteiger partial charge in [-0.3, -0.25) is 0 Å². The van der Waals surface area contributed by atoms with Gasteiger partial charge in [0.05, 0.1) is 5.56 Å². The number of aliphatic carboxylic acids is 1. The van der Waals surface area contributed by atoms with Crippen LogP contribution in [0.25, 0.3) is 11.3 Å². The second kappa shape index (κ2) is 8.18. The fourth-order valence-electron chi connectivity index (χ4n) is 3.84. The van der Waals surface area contributed by atoms with E-state index in [1.54, 1.807) is 12.1 Å². The smallest absolute Gasteiger partial charge is 0.416 e. The standard InChI is InChI=1S/C24H20F3NO4/c1-2-23(22(29)30,32-20-12-6-8-15-7-3-4-11-18(15)20)21-28-19(14-31-21)16-9-5-10-17(13-16)24(25,26)27/h2,5-6,8-10,12-14H,1,3-4,7,11H2,(H,29,30). The summed E-state index contributed by atoms with van der Waals surface area (Å²) in [5, 5.41) is 10.0. The zero-order valence-corrected chi connectivity index (χ0v) is 17.0. The Morgan fingerprint density at radius 3 is 2.62 bits per heavy atom. The van der Waals surface area contributed by atoms with Crippen molar-refractivity contribution in [1.82, 2.24) is 4.98 Å². The average Bonchev–Trinajstić information content (AvgIpc) is 3.27. The quantitative estimate of drug-likeness (QED) is 0.489. The molecule has 8 heteroatoms.